The predicted octanol–water partition coefficient (Wildman–Crippen LogP) is 4.03. The molecule has 0 bridgehead atoms. The molecule has 2 aromatic carbocycles. The molecule has 1 aliphatic heterocycles. The molecule has 0 aromatic heterocycles. The maximum atomic E-state index is 12.9. The Labute approximate surface area is 180 Å². The van der Waals surface area contributed by atoms with Gasteiger partial charge >= 0.3 is 5.97 Å². The largest absolute Gasteiger partial charge is 0.484 e. The maximum Gasteiger partial charge on any atom is 0.338 e. The number of amides is 1. The second-order valence-electron chi connectivity index (χ2n) is 7.75. The molecule has 0 N–H and O–H groups in total. The van der Waals surface area contributed by atoms with E-state index < -0.39 is 24.2 Å². The number of esters is 1. The van der Waals surface area contributed by atoms with Crippen molar-refractivity contribution >= 4 is 17.7 Å². The molecule has 1 amide bonds. The molecule has 164 valence electrons. The number of piperidine rings is 1. The van der Waals surface area contributed by atoms with Gasteiger partial charge in [0.25, 0.3) is 5.91 Å². The molecule has 1 fully saturated rings. The summed E-state index contributed by atoms with van der Waals surface area (Å²) in [5.74, 6) is -1.12. The molecule has 7 heteroatoms. The van der Waals surface area contributed by atoms with Gasteiger partial charge in [-0.3, -0.25) is 9.59 Å². The Morgan fingerprint density at radius 2 is 1.48 bits per heavy atom. The predicted molar refractivity (Wildman–Crippen MR) is 113 cm³/mol. The fourth-order valence-corrected chi connectivity index (χ4v) is 3.75. The van der Waals surface area contributed by atoms with Gasteiger partial charge in [0.2, 0.25) is 0 Å². The Morgan fingerprint density at radius 1 is 0.903 bits per heavy atom. The quantitative estimate of drug-likeness (QED) is 0.493. The molecular formula is C24H26FNO5. The van der Waals surface area contributed by atoms with E-state index in [4.69, 9.17) is 9.47 Å². The van der Waals surface area contributed by atoms with Gasteiger partial charge in [-0.05, 0) is 81.6 Å². The van der Waals surface area contributed by atoms with Crippen LogP contribution in [0, 0.1) is 5.82 Å². The number of carbonyl (C=O) groups excluding carboxylic acids is 3. The summed E-state index contributed by atoms with van der Waals surface area (Å²) >= 11 is 0. The molecule has 0 radical (unpaired) electrons. The van der Waals surface area contributed by atoms with Crippen molar-refractivity contribution in [2.75, 3.05) is 13.2 Å². The maximum absolute atomic E-state index is 12.9. The van der Waals surface area contributed by atoms with Crippen LogP contribution >= 0.6 is 0 Å². The number of nitrogens with zero attached hydrogens (tertiary/aromatic N) is 1. The molecule has 3 rings (SSSR count). The molecule has 2 aromatic rings. The lowest BCUT2D eigenvalue weighted by atomic mass is 9.97. The van der Waals surface area contributed by atoms with Crippen molar-refractivity contribution in [3.63, 3.8) is 0 Å². The van der Waals surface area contributed by atoms with Crippen molar-refractivity contribution in [3.8, 4) is 5.75 Å². The molecule has 2 atom stereocenters. The number of likely N-dealkylation sites (tertiary alicyclic amines) is 1. The van der Waals surface area contributed by atoms with Crippen LogP contribution in [0.3, 0.4) is 0 Å². The summed E-state index contributed by atoms with van der Waals surface area (Å²) in [4.78, 5) is 38.6. The van der Waals surface area contributed by atoms with Crippen LogP contribution < -0.4 is 4.74 Å². The molecule has 0 saturated carbocycles. The lowest BCUT2D eigenvalue weighted by Crippen LogP contribution is -2.49. The van der Waals surface area contributed by atoms with Gasteiger partial charge in [-0.15, -0.1) is 0 Å². The van der Waals surface area contributed by atoms with E-state index >= 15 is 0 Å². The van der Waals surface area contributed by atoms with E-state index in [1.54, 1.807) is 12.1 Å². The minimum Gasteiger partial charge on any atom is -0.484 e. The molecule has 6 nitrogen and oxygen atoms in total. The second-order valence-corrected chi connectivity index (χ2v) is 7.75. The van der Waals surface area contributed by atoms with Crippen LogP contribution in [0.4, 0.5) is 4.39 Å². The molecule has 0 spiro atoms. The van der Waals surface area contributed by atoms with Gasteiger partial charge in [0.15, 0.2) is 19.0 Å². The Bertz CT molecular complexity index is 916. The van der Waals surface area contributed by atoms with Gasteiger partial charge in [0.05, 0.1) is 5.56 Å². The average Bonchev–Trinajstić information content (AvgIpc) is 2.76. The van der Waals surface area contributed by atoms with Gasteiger partial charge in [0.1, 0.15) is 11.6 Å². The molecule has 1 saturated heterocycles. The van der Waals surface area contributed by atoms with Crippen molar-refractivity contribution in [3.05, 3.63) is 65.5 Å². The summed E-state index contributed by atoms with van der Waals surface area (Å²) in [5, 5.41) is 0. The molecule has 1 heterocycles. The van der Waals surface area contributed by atoms with Crippen LogP contribution in [0.5, 0.6) is 5.75 Å². The Balaban J connectivity index is 1.49. The van der Waals surface area contributed by atoms with E-state index in [2.05, 4.69) is 13.8 Å². The van der Waals surface area contributed by atoms with Crippen molar-refractivity contribution in [1.29, 1.82) is 0 Å². The SMILES string of the molecule is CC1CCCC(C)N1C(=O)COc1ccc(C(=O)OCC(=O)c2ccc(F)cc2)cc1. The Morgan fingerprint density at radius 3 is 2.10 bits per heavy atom. The van der Waals surface area contributed by atoms with Crippen molar-refractivity contribution < 1.29 is 28.2 Å². The van der Waals surface area contributed by atoms with Crippen molar-refractivity contribution in [1.82, 2.24) is 4.90 Å². The Hall–Kier alpha value is -3.22. The fourth-order valence-electron chi connectivity index (χ4n) is 3.75. The normalized spacial score (nSPS) is 18.4. The summed E-state index contributed by atoms with van der Waals surface area (Å²) < 4.78 is 23.5. The van der Waals surface area contributed by atoms with Crippen molar-refractivity contribution in [2.45, 2.75) is 45.2 Å². The van der Waals surface area contributed by atoms with Gasteiger partial charge in [-0.2, -0.15) is 0 Å². The number of Topliss-reactive ketones (excluding diaryl/α,β-unsaturated/α-hetero) is 1. The highest BCUT2D eigenvalue weighted by Gasteiger charge is 2.29. The zero-order valence-electron chi connectivity index (χ0n) is 17.7. The number of ether oxygens (including phenoxy) is 2. The van der Waals surface area contributed by atoms with E-state index in [1.165, 1.54) is 36.4 Å². The highest BCUT2D eigenvalue weighted by atomic mass is 19.1. The molecule has 2 unspecified atom stereocenters. The monoisotopic (exact) mass is 427 g/mol. The van der Waals surface area contributed by atoms with Gasteiger partial charge in [-0.25, -0.2) is 9.18 Å². The third-order valence-electron chi connectivity index (χ3n) is 5.43. The standard InChI is InChI=1S/C24H26FNO5/c1-16-4-3-5-17(2)26(16)23(28)15-30-21-12-8-19(9-13-21)24(29)31-14-22(27)18-6-10-20(25)11-7-18/h6-13,16-17H,3-5,14-15H2,1-2H3. The third-order valence-corrected chi connectivity index (χ3v) is 5.43. The molecule has 31 heavy (non-hydrogen) atoms. The smallest absolute Gasteiger partial charge is 0.338 e. The summed E-state index contributed by atoms with van der Waals surface area (Å²) in [7, 11) is 0. The Kier molecular flexibility index (Phi) is 7.39. The molecule has 0 aliphatic carbocycles. The first-order valence-corrected chi connectivity index (χ1v) is 10.3. The van der Waals surface area contributed by atoms with Crippen LogP contribution in [-0.4, -0.2) is 47.9 Å². The topological polar surface area (TPSA) is 72.9 Å². The number of hydrogen-bond acceptors (Lipinski definition) is 5. The minimum absolute atomic E-state index is 0.0532. The highest BCUT2D eigenvalue weighted by molar-refractivity contribution is 5.99. The number of halogens is 1. The summed E-state index contributed by atoms with van der Waals surface area (Å²) in [6, 6.07) is 11.6. The summed E-state index contributed by atoms with van der Waals surface area (Å²) in [6.07, 6.45) is 3.12. The zero-order chi connectivity index (χ0) is 22.4. The number of ketones is 1. The summed E-state index contributed by atoms with van der Waals surface area (Å²) in [6.45, 7) is 3.59. The van der Waals surface area contributed by atoms with Gasteiger partial charge in [-0.1, -0.05) is 0 Å². The van der Waals surface area contributed by atoms with Gasteiger partial charge < -0.3 is 14.4 Å². The first kappa shape index (κ1) is 22.5. The number of benzene rings is 2. The van der Waals surface area contributed by atoms with Crippen molar-refractivity contribution in [2.24, 2.45) is 0 Å². The van der Waals surface area contributed by atoms with E-state index in [9.17, 15) is 18.8 Å². The van der Waals surface area contributed by atoms with Crippen LogP contribution in [-0.2, 0) is 9.53 Å². The first-order valence-electron chi connectivity index (χ1n) is 10.3. The lowest BCUT2D eigenvalue weighted by Gasteiger charge is -2.38. The molecular weight excluding hydrogens is 401 g/mol. The van der Waals surface area contributed by atoms with Crippen LogP contribution in [0.2, 0.25) is 0 Å². The minimum atomic E-state index is -0.658. The summed E-state index contributed by atoms with van der Waals surface area (Å²) in [5.41, 5.74) is 0.517. The number of carbonyl (C=O) groups is 3. The second kappa shape index (κ2) is 10.2. The average molecular weight is 427 g/mol. The lowest BCUT2D eigenvalue weighted by molar-refractivity contribution is -0.139. The fraction of sp³-hybridized carbons (Fsp3) is 0.375. The number of hydrogen-bond donors (Lipinski definition) is 0. The van der Waals surface area contributed by atoms with Crippen LogP contribution in [0.25, 0.3) is 0 Å². The molecule has 1 aliphatic rings. The van der Waals surface area contributed by atoms with E-state index in [0.29, 0.717) is 5.75 Å². The van der Waals surface area contributed by atoms with E-state index in [-0.39, 0.29) is 35.7 Å². The van der Waals surface area contributed by atoms with E-state index in [0.717, 1.165) is 19.3 Å². The first-order chi connectivity index (χ1) is 14.8. The van der Waals surface area contributed by atoms with Crippen LogP contribution in [0.1, 0.15) is 53.8 Å². The zero-order valence-corrected chi connectivity index (χ0v) is 17.7. The highest BCUT2D eigenvalue weighted by Crippen LogP contribution is 2.23. The van der Waals surface area contributed by atoms with E-state index in [1.807, 2.05) is 4.90 Å². The van der Waals surface area contributed by atoms with Crippen LogP contribution in [0.15, 0.2) is 48.5 Å². The third kappa shape index (κ3) is 5.90. The van der Waals surface area contributed by atoms with Gasteiger partial charge in [0, 0.05) is 17.6 Å². The number of rotatable bonds is 7.